The van der Waals surface area contributed by atoms with Gasteiger partial charge in [-0.3, -0.25) is 10.1 Å². The lowest BCUT2D eigenvalue weighted by Gasteiger charge is -2.09. The van der Waals surface area contributed by atoms with Crippen LogP contribution in [0.1, 0.15) is 26.5 Å². The maximum Gasteiger partial charge on any atom is 0.353 e. The number of nitro groups is 1. The molecule has 7 nitrogen and oxygen atoms in total. The highest BCUT2D eigenvalue weighted by Gasteiger charge is 2.26. The molecule has 1 rings (SSSR count). The van der Waals surface area contributed by atoms with E-state index in [4.69, 9.17) is 4.74 Å². The number of hydrogen-bond donors (Lipinski definition) is 1. The number of rotatable bonds is 7. The van der Waals surface area contributed by atoms with Crippen LogP contribution in [-0.4, -0.2) is 33.9 Å². The van der Waals surface area contributed by atoms with Gasteiger partial charge in [-0.25, -0.2) is 4.68 Å². The number of hydrogen-bond acceptors (Lipinski definition) is 5. The molecule has 0 atom stereocenters. The van der Waals surface area contributed by atoms with Crippen molar-refractivity contribution >= 4 is 5.69 Å². The van der Waals surface area contributed by atoms with Gasteiger partial charge in [-0.05, 0) is 6.42 Å². The van der Waals surface area contributed by atoms with Gasteiger partial charge in [-0.1, -0.05) is 20.8 Å². The predicted octanol–water partition coefficient (Wildman–Crippen LogP) is 1.27. The Labute approximate surface area is 106 Å². The molecule has 18 heavy (non-hydrogen) atoms. The summed E-state index contributed by atoms with van der Waals surface area (Å²) < 4.78 is 6.88. The zero-order chi connectivity index (χ0) is 13.7. The van der Waals surface area contributed by atoms with Gasteiger partial charge in [-0.15, -0.1) is 0 Å². The Morgan fingerprint density at radius 3 is 2.72 bits per heavy atom. The van der Waals surface area contributed by atoms with E-state index >= 15 is 0 Å². The molecular formula is C11H20N4O3. The van der Waals surface area contributed by atoms with Crippen molar-refractivity contribution in [2.24, 2.45) is 7.05 Å². The van der Waals surface area contributed by atoms with Crippen molar-refractivity contribution in [2.75, 3.05) is 13.2 Å². The Kier molecular flexibility index (Phi) is 5.08. The maximum atomic E-state index is 11.0. The Morgan fingerprint density at radius 1 is 1.56 bits per heavy atom. The van der Waals surface area contributed by atoms with E-state index < -0.39 is 4.92 Å². The van der Waals surface area contributed by atoms with Crippen LogP contribution in [-0.2, 0) is 13.5 Å². The minimum absolute atomic E-state index is 0.0236. The van der Waals surface area contributed by atoms with Crippen LogP contribution in [0.3, 0.4) is 0 Å². The third kappa shape index (κ3) is 3.43. The SMILES string of the molecule is CCc1nn(C)c(OCCNC(C)C)c1[N+](=O)[O-]. The van der Waals surface area contributed by atoms with E-state index in [0.29, 0.717) is 31.3 Å². The number of nitrogens with one attached hydrogen (secondary N) is 1. The average molecular weight is 256 g/mol. The van der Waals surface area contributed by atoms with E-state index in [1.165, 1.54) is 4.68 Å². The molecule has 0 radical (unpaired) electrons. The van der Waals surface area contributed by atoms with Gasteiger partial charge < -0.3 is 10.1 Å². The number of aromatic nitrogens is 2. The summed E-state index contributed by atoms with van der Waals surface area (Å²) in [5, 5.41) is 18.3. The number of aryl methyl sites for hydroxylation is 2. The van der Waals surface area contributed by atoms with Crippen LogP contribution in [0, 0.1) is 10.1 Å². The standard InChI is InChI=1S/C11H20N4O3/c1-5-9-10(15(16)17)11(14(4)13-9)18-7-6-12-8(2)3/h8,12H,5-7H2,1-4H3. The maximum absolute atomic E-state index is 11.0. The van der Waals surface area contributed by atoms with Crippen molar-refractivity contribution in [1.29, 1.82) is 0 Å². The van der Waals surface area contributed by atoms with Gasteiger partial charge >= 0.3 is 5.69 Å². The second kappa shape index (κ2) is 6.34. The fourth-order valence-electron chi connectivity index (χ4n) is 1.63. The summed E-state index contributed by atoms with van der Waals surface area (Å²) in [7, 11) is 1.65. The fraction of sp³-hybridized carbons (Fsp3) is 0.727. The first kappa shape index (κ1) is 14.4. The van der Waals surface area contributed by atoms with E-state index in [1.807, 2.05) is 20.8 Å². The first-order chi connectivity index (χ1) is 8.47. The summed E-state index contributed by atoms with van der Waals surface area (Å²) in [6.07, 6.45) is 0.512. The Hall–Kier alpha value is -1.63. The second-order valence-corrected chi connectivity index (χ2v) is 4.29. The molecule has 0 fully saturated rings. The van der Waals surface area contributed by atoms with Crippen molar-refractivity contribution in [3.63, 3.8) is 0 Å². The molecule has 0 saturated heterocycles. The van der Waals surface area contributed by atoms with Crippen LogP contribution in [0.2, 0.25) is 0 Å². The molecule has 102 valence electrons. The molecule has 0 aliphatic carbocycles. The van der Waals surface area contributed by atoms with E-state index in [1.54, 1.807) is 7.05 Å². The quantitative estimate of drug-likeness (QED) is 0.451. The highest BCUT2D eigenvalue weighted by Crippen LogP contribution is 2.30. The molecule has 0 aromatic carbocycles. The first-order valence-corrected chi connectivity index (χ1v) is 6.03. The van der Waals surface area contributed by atoms with E-state index in [2.05, 4.69) is 10.4 Å². The molecule has 1 heterocycles. The van der Waals surface area contributed by atoms with Crippen LogP contribution in [0.15, 0.2) is 0 Å². The summed E-state index contributed by atoms with van der Waals surface area (Å²) in [5.41, 5.74) is 0.430. The molecule has 1 aromatic rings. The summed E-state index contributed by atoms with van der Waals surface area (Å²) in [6, 6.07) is 0.362. The van der Waals surface area contributed by atoms with Crippen LogP contribution in [0.4, 0.5) is 5.69 Å². The normalized spacial score (nSPS) is 10.9. The highest BCUT2D eigenvalue weighted by atomic mass is 16.6. The van der Waals surface area contributed by atoms with Crippen molar-refractivity contribution < 1.29 is 9.66 Å². The molecule has 7 heteroatoms. The molecule has 0 spiro atoms. The van der Waals surface area contributed by atoms with Crippen LogP contribution >= 0.6 is 0 Å². The summed E-state index contributed by atoms with van der Waals surface area (Å²) >= 11 is 0. The molecule has 0 aliphatic rings. The fourth-order valence-corrected chi connectivity index (χ4v) is 1.63. The van der Waals surface area contributed by atoms with Crippen molar-refractivity contribution in [3.05, 3.63) is 15.8 Å². The average Bonchev–Trinajstić information content (AvgIpc) is 2.61. The van der Waals surface area contributed by atoms with Crippen LogP contribution in [0.25, 0.3) is 0 Å². The zero-order valence-corrected chi connectivity index (χ0v) is 11.3. The molecular weight excluding hydrogens is 236 g/mol. The lowest BCUT2D eigenvalue weighted by molar-refractivity contribution is -0.386. The van der Waals surface area contributed by atoms with Crippen molar-refractivity contribution in [2.45, 2.75) is 33.2 Å². The van der Waals surface area contributed by atoms with Crippen LogP contribution in [0.5, 0.6) is 5.88 Å². The van der Waals surface area contributed by atoms with Crippen molar-refractivity contribution in [1.82, 2.24) is 15.1 Å². The van der Waals surface area contributed by atoms with Crippen molar-refractivity contribution in [3.8, 4) is 5.88 Å². The van der Waals surface area contributed by atoms with Gasteiger partial charge in [0, 0.05) is 19.6 Å². The highest BCUT2D eigenvalue weighted by molar-refractivity contribution is 5.46. The lowest BCUT2D eigenvalue weighted by Crippen LogP contribution is -2.27. The van der Waals surface area contributed by atoms with Gasteiger partial charge in [0.15, 0.2) is 0 Å². The van der Waals surface area contributed by atoms with Gasteiger partial charge in [0.25, 0.3) is 5.88 Å². The molecule has 0 aliphatic heterocycles. The molecule has 1 aromatic heterocycles. The Morgan fingerprint density at radius 2 is 2.22 bits per heavy atom. The largest absolute Gasteiger partial charge is 0.472 e. The van der Waals surface area contributed by atoms with Gasteiger partial charge in [0.1, 0.15) is 12.3 Å². The minimum Gasteiger partial charge on any atom is -0.472 e. The Bertz CT molecular complexity index is 415. The summed E-state index contributed by atoms with van der Waals surface area (Å²) in [6.45, 7) is 6.91. The summed E-state index contributed by atoms with van der Waals surface area (Å²) in [5.74, 6) is 0.224. The van der Waals surface area contributed by atoms with Gasteiger partial charge in [0.05, 0.1) is 4.92 Å². The monoisotopic (exact) mass is 256 g/mol. The third-order valence-corrected chi connectivity index (χ3v) is 2.45. The summed E-state index contributed by atoms with van der Waals surface area (Å²) in [4.78, 5) is 10.6. The lowest BCUT2D eigenvalue weighted by atomic mass is 10.3. The number of nitrogens with zero attached hydrogens (tertiary/aromatic N) is 3. The molecule has 0 saturated carbocycles. The third-order valence-electron chi connectivity index (χ3n) is 2.45. The minimum atomic E-state index is -0.433. The Balaban J connectivity index is 2.75. The molecule has 0 bridgehead atoms. The van der Waals surface area contributed by atoms with Gasteiger partial charge in [0.2, 0.25) is 0 Å². The number of ether oxygens (including phenoxy) is 1. The van der Waals surface area contributed by atoms with E-state index in [9.17, 15) is 10.1 Å². The van der Waals surface area contributed by atoms with E-state index in [-0.39, 0.29) is 11.6 Å². The molecule has 1 N–H and O–H groups in total. The zero-order valence-electron chi connectivity index (χ0n) is 11.3. The van der Waals surface area contributed by atoms with Gasteiger partial charge in [-0.2, -0.15) is 5.10 Å². The topological polar surface area (TPSA) is 82.2 Å². The smallest absolute Gasteiger partial charge is 0.353 e. The van der Waals surface area contributed by atoms with E-state index in [0.717, 1.165) is 0 Å². The molecule has 0 unspecified atom stereocenters. The van der Waals surface area contributed by atoms with Crippen LogP contribution < -0.4 is 10.1 Å². The first-order valence-electron chi connectivity index (χ1n) is 6.03. The predicted molar refractivity (Wildman–Crippen MR) is 67.9 cm³/mol. The molecule has 0 amide bonds. The second-order valence-electron chi connectivity index (χ2n) is 4.29.